The zero-order chi connectivity index (χ0) is 17.4. The second-order valence-corrected chi connectivity index (χ2v) is 7.71. The van der Waals surface area contributed by atoms with Crippen LogP contribution >= 0.6 is 35.2 Å². The lowest BCUT2D eigenvalue weighted by Gasteiger charge is -2.27. The number of aromatic nitrogens is 1. The third kappa shape index (κ3) is 3.03. The van der Waals surface area contributed by atoms with Crippen LogP contribution in [0.1, 0.15) is 28.2 Å². The molecule has 1 aliphatic rings. The fraction of sp³-hybridized carbons (Fsp3) is 0.158. The van der Waals surface area contributed by atoms with Gasteiger partial charge in [-0.15, -0.1) is 11.3 Å². The van der Waals surface area contributed by atoms with E-state index in [1.54, 1.807) is 11.3 Å². The lowest BCUT2D eigenvalue weighted by Crippen LogP contribution is -2.29. The maximum Gasteiger partial charge on any atom is 0.174 e. The number of nitrogens with one attached hydrogen (secondary N) is 1. The van der Waals surface area contributed by atoms with Gasteiger partial charge in [0.15, 0.2) is 5.11 Å². The van der Waals surface area contributed by atoms with Gasteiger partial charge < -0.3 is 10.2 Å². The maximum atomic E-state index is 6.07. The molecule has 25 heavy (non-hydrogen) atoms. The number of anilines is 1. The number of hydrogen-bond donors (Lipinski definition) is 1. The van der Waals surface area contributed by atoms with E-state index in [-0.39, 0.29) is 12.1 Å². The summed E-state index contributed by atoms with van der Waals surface area (Å²) in [6.07, 6.45) is 1.82. The standard InChI is InChI=1S/C19H16ClN3S2/c1-12-9-11-25-18(12)17-16(15-4-2-3-10-21-15)22-19(24)23(17)14-7-5-13(20)6-8-14/h2-11,16-17H,1H3,(H,22,24)/t16-,17-/m0/s1. The summed E-state index contributed by atoms with van der Waals surface area (Å²) in [5.41, 5.74) is 3.28. The molecule has 0 saturated carbocycles. The van der Waals surface area contributed by atoms with Gasteiger partial charge in [-0.3, -0.25) is 4.98 Å². The van der Waals surface area contributed by atoms with Crippen molar-refractivity contribution in [2.24, 2.45) is 0 Å². The van der Waals surface area contributed by atoms with Gasteiger partial charge in [-0.25, -0.2) is 0 Å². The van der Waals surface area contributed by atoms with Crippen molar-refractivity contribution < 1.29 is 0 Å². The highest BCUT2D eigenvalue weighted by Gasteiger charge is 2.41. The van der Waals surface area contributed by atoms with E-state index in [0.29, 0.717) is 10.1 Å². The number of rotatable bonds is 3. The largest absolute Gasteiger partial charge is 0.351 e. The Balaban J connectivity index is 1.83. The summed E-state index contributed by atoms with van der Waals surface area (Å²) in [6.45, 7) is 2.14. The van der Waals surface area contributed by atoms with Gasteiger partial charge >= 0.3 is 0 Å². The molecule has 0 unspecified atom stereocenters. The topological polar surface area (TPSA) is 28.2 Å². The number of halogens is 1. The van der Waals surface area contributed by atoms with Crippen LogP contribution in [0, 0.1) is 6.92 Å². The molecule has 2 aromatic heterocycles. The van der Waals surface area contributed by atoms with E-state index >= 15 is 0 Å². The predicted molar refractivity (Wildman–Crippen MR) is 108 cm³/mol. The Labute approximate surface area is 161 Å². The van der Waals surface area contributed by atoms with Crippen LogP contribution in [0.5, 0.6) is 0 Å². The fourth-order valence-corrected chi connectivity index (χ4v) is 4.71. The summed E-state index contributed by atoms with van der Waals surface area (Å²) in [7, 11) is 0. The summed E-state index contributed by atoms with van der Waals surface area (Å²) in [6, 6.07) is 16.0. The summed E-state index contributed by atoms with van der Waals surface area (Å²) in [5, 5.41) is 7.01. The van der Waals surface area contributed by atoms with Gasteiger partial charge in [-0.1, -0.05) is 17.7 Å². The molecule has 4 rings (SSSR count). The number of thiocarbonyl (C=S) groups is 1. The minimum atomic E-state index is 0.00160. The van der Waals surface area contributed by atoms with Crippen LogP contribution in [-0.4, -0.2) is 10.1 Å². The van der Waals surface area contributed by atoms with Crippen LogP contribution in [0.3, 0.4) is 0 Å². The van der Waals surface area contributed by atoms with Crippen LogP contribution in [0.15, 0.2) is 60.1 Å². The molecular weight excluding hydrogens is 370 g/mol. The SMILES string of the molecule is Cc1ccsc1[C@@H]1[C@H](c2ccccn2)NC(=S)N1c1ccc(Cl)cc1. The average Bonchev–Trinajstić information content (AvgIpc) is 3.19. The minimum absolute atomic E-state index is 0.00160. The van der Waals surface area contributed by atoms with Gasteiger partial charge in [-0.05, 0) is 72.5 Å². The maximum absolute atomic E-state index is 6.07. The molecule has 1 aliphatic heterocycles. The van der Waals surface area contributed by atoms with Gasteiger partial charge in [0, 0.05) is 21.8 Å². The molecule has 126 valence electrons. The third-order valence-electron chi connectivity index (χ3n) is 4.37. The van der Waals surface area contributed by atoms with E-state index < -0.39 is 0 Å². The predicted octanol–water partition coefficient (Wildman–Crippen LogP) is 5.28. The molecule has 1 fully saturated rings. The van der Waals surface area contributed by atoms with E-state index in [2.05, 4.69) is 33.6 Å². The van der Waals surface area contributed by atoms with Crippen molar-refractivity contribution in [3.8, 4) is 0 Å². The van der Waals surface area contributed by atoms with E-state index in [0.717, 1.165) is 11.4 Å². The van der Waals surface area contributed by atoms with E-state index in [4.69, 9.17) is 23.8 Å². The molecule has 0 radical (unpaired) electrons. The lowest BCUT2D eigenvalue weighted by atomic mass is 10.0. The molecule has 2 atom stereocenters. The van der Waals surface area contributed by atoms with Gasteiger partial charge in [0.1, 0.15) is 0 Å². The van der Waals surface area contributed by atoms with Crippen molar-refractivity contribution >= 4 is 46.0 Å². The molecule has 3 aromatic rings. The van der Waals surface area contributed by atoms with Crippen molar-refractivity contribution in [3.63, 3.8) is 0 Å². The minimum Gasteiger partial charge on any atom is -0.351 e. The molecule has 0 amide bonds. The molecule has 6 heteroatoms. The highest BCUT2D eigenvalue weighted by atomic mass is 35.5. The van der Waals surface area contributed by atoms with Gasteiger partial charge in [-0.2, -0.15) is 0 Å². The van der Waals surface area contributed by atoms with Crippen LogP contribution in [0.4, 0.5) is 5.69 Å². The molecule has 0 bridgehead atoms. The Kier molecular flexibility index (Phi) is 4.46. The first-order chi connectivity index (χ1) is 12.1. The Hall–Kier alpha value is -1.95. The Morgan fingerprint density at radius 2 is 1.96 bits per heavy atom. The normalized spacial score (nSPS) is 19.9. The number of pyridine rings is 1. The molecule has 3 nitrogen and oxygen atoms in total. The summed E-state index contributed by atoms with van der Waals surface area (Å²) >= 11 is 13.5. The fourth-order valence-electron chi connectivity index (χ4n) is 3.19. The molecule has 0 spiro atoms. The number of benzene rings is 1. The summed E-state index contributed by atoms with van der Waals surface area (Å²) in [5.74, 6) is 0. The van der Waals surface area contributed by atoms with Gasteiger partial charge in [0.25, 0.3) is 0 Å². The van der Waals surface area contributed by atoms with Gasteiger partial charge in [0.2, 0.25) is 0 Å². The third-order valence-corrected chi connectivity index (χ3v) is 6.03. The smallest absolute Gasteiger partial charge is 0.174 e. The lowest BCUT2D eigenvalue weighted by molar-refractivity contribution is 0.573. The van der Waals surface area contributed by atoms with Crippen LogP contribution in [-0.2, 0) is 0 Å². The first-order valence-electron chi connectivity index (χ1n) is 7.95. The van der Waals surface area contributed by atoms with E-state index in [1.807, 2.05) is 48.7 Å². The van der Waals surface area contributed by atoms with E-state index in [9.17, 15) is 0 Å². The zero-order valence-electron chi connectivity index (χ0n) is 13.5. The van der Waals surface area contributed by atoms with Gasteiger partial charge in [0.05, 0.1) is 17.8 Å². The highest BCUT2D eigenvalue weighted by Crippen LogP contribution is 2.44. The highest BCUT2D eigenvalue weighted by molar-refractivity contribution is 7.80. The monoisotopic (exact) mass is 385 g/mol. The quantitative estimate of drug-likeness (QED) is 0.620. The number of aryl methyl sites for hydroxylation is 1. The molecule has 0 aliphatic carbocycles. The Morgan fingerprint density at radius 1 is 1.16 bits per heavy atom. The van der Waals surface area contributed by atoms with E-state index in [1.165, 1.54) is 10.4 Å². The second-order valence-electron chi connectivity index (χ2n) is 5.94. The van der Waals surface area contributed by atoms with Crippen molar-refractivity contribution in [1.29, 1.82) is 0 Å². The first-order valence-corrected chi connectivity index (χ1v) is 9.62. The molecule has 1 aromatic carbocycles. The average molecular weight is 386 g/mol. The summed E-state index contributed by atoms with van der Waals surface area (Å²) in [4.78, 5) is 8.02. The Bertz CT molecular complexity index is 893. The molecular formula is C19H16ClN3S2. The summed E-state index contributed by atoms with van der Waals surface area (Å²) < 4.78 is 0. The van der Waals surface area contributed by atoms with Crippen LogP contribution < -0.4 is 10.2 Å². The number of nitrogens with zero attached hydrogens (tertiary/aromatic N) is 2. The second kappa shape index (κ2) is 6.75. The number of thiophene rings is 1. The first kappa shape index (κ1) is 16.5. The van der Waals surface area contributed by atoms with Crippen molar-refractivity contribution in [1.82, 2.24) is 10.3 Å². The molecule has 1 saturated heterocycles. The van der Waals surface area contributed by atoms with Crippen LogP contribution in [0.25, 0.3) is 0 Å². The Morgan fingerprint density at radius 3 is 2.60 bits per heavy atom. The van der Waals surface area contributed by atoms with Crippen molar-refractivity contribution in [2.45, 2.75) is 19.0 Å². The molecule has 3 heterocycles. The number of hydrogen-bond acceptors (Lipinski definition) is 3. The zero-order valence-corrected chi connectivity index (χ0v) is 15.9. The van der Waals surface area contributed by atoms with Crippen molar-refractivity contribution in [3.05, 3.63) is 81.3 Å². The molecule has 1 N–H and O–H groups in total. The van der Waals surface area contributed by atoms with Crippen molar-refractivity contribution in [2.75, 3.05) is 4.90 Å². The van der Waals surface area contributed by atoms with Crippen LogP contribution in [0.2, 0.25) is 5.02 Å².